The molecule has 6 heteroatoms. The predicted octanol–water partition coefficient (Wildman–Crippen LogP) is 0.459. The molecule has 21 heavy (non-hydrogen) atoms. The molecule has 0 aromatic rings. The van der Waals surface area contributed by atoms with Crippen molar-refractivity contribution in [3.63, 3.8) is 0 Å². The summed E-state index contributed by atoms with van der Waals surface area (Å²) in [6, 6.07) is 0. The Kier molecular flexibility index (Phi) is 7.11. The lowest BCUT2D eigenvalue weighted by molar-refractivity contribution is -0.142. The van der Waals surface area contributed by atoms with Crippen molar-refractivity contribution >= 4 is 11.9 Å². The maximum absolute atomic E-state index is 12.2. The monoisotopic (exact) mass is 299 g/mol. The van der Waals surface area contributed by atoms with E-state index in [2.05, 4.69) is 18.6 Å². The molecule has 0 atom stereocenters. The number of nitrogens with two attached hydrogens (primary N) is 1. The number of piperazine rings is 1. The van der Waals surface area contributed by atoms with Crippen LogP contribution in [0.15, 0.2) is 0 Å². The first-order chi connectivity index (χ1) is 9.88. The van der Waals surface area contributed by atoms with Crippen molar-refractivity contribution in [2.75, 3.05) is 46.4 Å². The minimum Gasteiger partial charge on any atom is -0.468 e. The van der Waals surface area contributed by atoms with Crippen LogP contribution in [-0.4, -0.2) is 68.1 Å². The van der Waals surface area contributed by atoms with Crippen LogP contribution >= 0.6 is 0 Å². The molecule has 0 radical (unpaired) electrons. The lowest BCUT2D eigenvalue weighted by atomic mass is 9.84. The van der Waals surface area contributed by atoms with Gasteiger partial charge in [0.1, 0.15) is 0 Å². The number of ether oxygens (including phenoxy) is 1. The molecule has 0 saturated carbocycles. The third-order valence-corrected chi connectivity index (χ3v) is 4.14. The SMILES string of the molecule is COC(=O)CN1CCN(C(=O)CCC(C)(C)CCN)CC1. The zero-order valence-electron chi connectivity index (χ0n) is 13.6. The molecular formula is C15H29N3O3. The highest BCUT2D eigenvalue weighted by Gasteiger charge is 2.24. The summed E-state index contributed by atoms with van der Waals surface area (Å²) in [5, 5.41) is 0. The number of hydrogen-bond donors (Lipinski definition) is 1. The number of methoxy groups -OCH3 is 1. The van der Waals surface area contributed by atoms with Gasteiger partial charge in [0.25, 0.3) is 0 Å². The standard InChI is InChI=1S/C15H29N3O3/c1-15(2,6-7-16)5-4-13(19)18-10-8-17(9-11-18)12-14(20)21-3/h4-12,16H2,1-3H3. The predicted molar refractivity (Wildman–Crippen MR) is 81.7 cm³/mol. The highest BCUT2D eigenvalue weighted by atomic mass is 16.5. The molecule has 122 valence electrons. The Balaban J connectivity index is 2.30. The van der Waals surface area contributed by atoms with Gasteiger partial charge in [0.2, 0.25) is 5.91 Å². The van der Waals surface area contributed by atoms with Gasteiger partial charge in [0.05, 0.1) is 13.7 Å². The van der Waals surface area contributed by atoms with Crippen LogP contribution in [0, 0.1) is 5.41 Å². The number of hydrogen-bond acceptors (Lipinski definition) is 5. The van der Waals surface area contributed by atoms with E-state index in [0.717, 1.165) is 25.9 Å². The van der Waals surface area contributed by atoms with E-state index in [1.165, 1.54) is 7.11 Å². The Morgan fingerprint density at radius 1 is 1.14 bits per heavy atom. The molecule has 0 bridgehead atoms. The van der Waals surface area contributed by atoms with Crippen LogP contribution in [0.2, 0.25) is 0 Å². The van der Waals surface area contributed by atoms with Gasteiger partial charge < -0.3 is 15.4 Å². The molecule has 1 aliphatic rings. The first kappa shape index (κ1) is 17.9. The minimum absolute atomic E-state index is 0.122. The fourth-order valence-electron chi connectivity index (χ4n) is 2.52. The zero-order chi connectivity index (χ0) is 15.9. The normalized spacial score (nSPS) is 16.9. The van der Waals surface area contributed by atoms with E-state index >= 15 is 0 Å². The fraction of sp³-hybridized carbons (Fsp3) is 0.867. The van der Waals surface area contributed by atoms with Crippen molar-refractivity contribution < 1.29 is 14.3 Å². The summed E-state index contributed by atoms with van der Waals surface area (Å²) in [5.41, 5.74) is 5.71. The van der Waals surface area contributed by atoms with Gasteiger partial charge in [-0.15, -0.1) is 0 Å². The van der Waals surface area contributed by atoms with Gasteiger partial charge >= 0.3 is 5.97 Å². The van der Waals surface area contributed by atoms with Crippen LogP contribution in [-0.2, 0) is 14.3 Å². The second kappa shape index (κ2) is 8.34. The molecular weight excluding hydrogens is 270 g/mol. The van der Waals surface area contributed by atoms with Crippen molar-refractivity contribution in [2.45, 2.75) is 33.1 Å². The van der Waals surface area contributed by atoms with Crippen molar-refractivity contribution in [3.8, 4) is 0 Å². The van der Waals surface area contributed by atoms with Crippen LogP contribution in [0.4, 0.5) is 0 Å². The van der Waals surface area contributed by atoms with E-state index < -0.39 is 0 Å². The van der Waals surface area contributed by atoms with Crippen LogP contribution in [0.5, 0.6) is 0 Å². The molecule has 0 unspecified atom stereocenters. The Morgan fingerprint density at radius 2 is 1.76 bits per heavy atom. The number of carbonyl (C=O) groups is 2. The number of amides is 1. The van der Waals surface area contributed by atoms with E-state index in [1.807, 2.05) is 9.80 Å². The highest BCUT2D eigenvalue weighted by Crippen LogP contribution is 2.26. The van der Waals surface area contributed by atoms with E-state index in [-0.39, 0.29) is 17.3 Å². The summed E-state index contributed by atoms with van der Waals surface area (Å²) in [5.74, 6) is -0.0175. The second-order valence-corrected chi connectivity index (χ2v) is 6.44. The van der Waals surface area contributed by atoms with Gasteiger partial charge in [-0.3, -0.25) is 14.5 Å². The van der Waals surface area contributed by atoms with Gasteiger partial charge in [-0.05, 0) is 24.8 Å². The van der Waals surface area contributed by atoms with E-state index in [4.69, 9.17) is 5.73 Å². The molecule has 2 N–H and O–H groups in total. The molecule has 1 heterocycles. The van der Waals surface area contributed by atoms with E-state index in [1.54, 1.807) is 0 Å². The molecule has 1 fully saturated rings. The first-order valence-electron chi connectivity index (χ1n) is 7.65. The topological polar surface area (TPSA) is 75.9 Å². The minimum atomic E-state index is -0.224. The Labute approximate surface area is 127 Å². The number of nitrogens with zero attached hydrogens (tertiary/aromatic N) is 2. The summed E-state index contributed by atoms with van der Waals surface area (Å²) in [6.45, 7) is 8.11. The van der Waals surface area contributed by atoms with Crippen LogP contribution in [0.1, 0.15) is 33.1 Å². The van der Waals surface area contributed by atoms with E-state index in [0.29, 0.717) is 32.6 Å². The second-order valence-electron chi connectivity index (χ2n) is 6.44. The molecule has 0 spiro atoms. The molecule has 0 aromatic heterocycles. The fourth-order valence-corrected chi connectivity index (χ4v) is 2.52. The lowest BCUT2D eigenvalue weighted by Gasteiger charge is -2.34. The Morgan fingerprint density at radius 3 is 2.29 bits per heavy atom. The maximum Gasteiger partial charge on any atom is 0.319 e. The quantitative estimate of drug-likeness (QED) is 0.691. The van der Waals surface area contributed by atoms with Crippen LogP contribution in [0.25, 0.3) is 0 Å². The van der Waals surface area contributed by atoms with Gasteiger partial charge in [-0.1, -0.05) is 13.8 Å². The largest absolute Gasteiger partial charge is 0.468 e. The number of rotatable bonds is 7. The van der Waals surface area contributed by atoms with Crippen LogP contribution < -0.4 is 5.73 Å². The number of esters is 1. The average Bonchev–Trinajstić information content (AvgIpc) is 2.45. The maximum atomic E-state index is 12.2. The van der Waals surface area contributed by atoms with Crippen molar-refractivity contribution in [2.24, 2.45) is 11.1 Å². The molecule has 1 rings (SSSR count). The van der Waals surface area contributed by atoms with E-state index in [9.17, 15) is 9.59 Å². The average molecular weight is 299 g/mol. The van der Waals surface area contributed by atoms with Gasteiger partial charge in [0, 0.05) is 32.6 Å². The van der Waals surface area contributed by atoms with Gasteiger partial charge in [0.15, 0.2) is 0 Å². The summed E-state index contributed by atoms with van der Waals surface area (Å²) in [4.78, 5) is 27.4. The first-order valence-corrected chi connectivity index (χ1v) is 7.65. The van der Waals surface area contributed by atoms with Gasteiger partial charge in [-0.25, -0.2) is 0 Å². The van der Waals surface area contributed by atoms with Gasteiger partial charge in [-0.2, -0.15) is 0 Å². The van der Waals surface area contributed by atoms with Crippen molar-refractivity contribution in [3.05, 3.63) is 0 Å². The molecule has 1 aliphatic heterocycles. The van der Waals surface area contributed by atoms with Crippen molar-refractivity contribution in [1.82, 2.24) is 9.80 Å². The molecule has 0 aliphatic carbocycles. The summed E-state index contributed by atoms with van der Waals surface area (Å²) < 4.78 is 4.65. The highest BCUT2D eigenvalue weighted by molar-refractivity contribution is 5.76. The van der Waals surface area contributed by atoms with Crippen molar-refractivity contribution in [1.29, 1.82) is 0 Å². The summed E-state index contributed by atoms with van der Waals surface area (Å²) >= 11 is 0. The Hall–Kier alpha value is -1.14. The molecule has 1 saturated heterocycles. The number of carbonyl (C=O) groups excluding carboxylic acids is 2. The molecule has 1 amide bonds. The lowest BCUT2D eigenvalue weighted by Crippen LogP contribution is -2.50. The third-order valence-electron chi connectivity index (χ3n) is 4.14. The summed E-state index contributed by atoms with van der Waals surface area (Å²) in [7, 11) is 1.39. The summed E-state index contributed by atoms with van der Waals surface area (Å²) in [6.07, 6.45) is 2.38. The molecule has 6 nitrogen and oxygen atoms in total. The zero-order valence-corrected chi connectivity index (χ0v) is 13.6. The molecule has 0 aromatic carbocycles. The van der Waals surface area contributed by atoms with Crippen LogP contribution in [0.3, 0.4) is 0 Å². The smallest absolute Gasteiger partial charge is 0.319 e. The Bertz CT molecular complexity index is 350. The third kappa shape index (κ3) is 6.44.